The van der Waals surface area contributed by atoms with Crippen molar-refractivity contribution in [1.29, 1.82) is 0 Å². The van der Waals surface area contributed by atoms with Crippen molar-refractivity contribution in [2.75, 3.05) is 19.6 Å². The Balaban J connectivity index is 1.74. The van der Waals surface area contributed by atoms with Crippen LogP contribution >= 0.6 is 0 Å². The largest absolute Gasteiger partial charge is 0.338 e. The van der Waals surface area contributed by atoms with Gasteiger partial charge in [-0.2, -0.15) is 0 Å². The molecule has 1 aromatic rings. The zero-order valence-electron chi connectivity index (χ0n) is 12.5. The van der Waals surface area contributed by atoms with Crippen molar-refractivity contribution in [3.8, 4) is 0 Å². The molecule has 1 unspecified atom stereocenters. The van der Waals surface area contributed by atoms with Crippen LogP contribution in [0.25, 0.3) is 0 Å². The van der Waals surface area contributed by atoms with Gasteiger partial charge in [-0.15, -0.1) is 0 Å². The molecule has 0 radical (unpaired) electrons. The second-order valence-corrected chi connectivity index (χ2v) is 6.45. The first kappa shape index (κ1) is 13.6. The minimum Gasteiger partial charge on any atom is -0.338 e. The van der Waals surface area contributed by atoms with E-state index in [0.29, 0.717) is 11.8 Å². The molecule has 2 aliphatic rings. The molecule has 3 nitrogen and oxygen atoms in total. The van der Waals surface area contributed by atoms with Crippen molar-refractivity contribution in [3.05, 3.63) is 34.9 Å². The van der Waals surface area contributed by atoms with E-state index in [1.54, 1.807) is 0 Å². The normalized spacial score (nSPS) is 22.1. The van der Waals surface area contributed by atoms with Crippen LogP contribution in [0.4, 0.5) is 0 Å². The molecular formula is C17H24N2O. The number of carbonyl (C=O) groups is 1. The van der Waals surface area contributed by atoms with E-state index in [1.165, 1.54) is 11.1 Å². The lowest BCUT2D eigenvalue weighted by atomic mass is 9.95. The Bertz CT molecular complexity index is 510. The van der Waals surface area contributed by atoms with E-state index in [0.717, 1.165) is 44.6 Å². The molecule has 2 aliphatic heterocycles. The summed E-state index contributed by atoms with van der Waals surface area (Å²) in [6.07, 6.45) is 2.22. The first-order valence-electron chi connectivity index (χ1n) is 7.77. The smallest absolute Gasteiger partial charge is 0.253 e. The molecule has 1 saturated heterocycles. The van der Waals surface area contributed by atoms with Gasteiger partial charge in [0.25, 0.3) is 5.91 Å². The summed E-state index contributed by atoms with van der Waals surface area (Å²) >= 11 is 0. The summed E-state index contributed by atoms with van der Waals surface area (Å²) in [4.78, 5) is 14.6. The predicted molar refractivity (Wildman–Crippen MR) is 80.7 cm³/mol. The van der Waals surface area contributed by atoms with Crippen LogP contribution in [0, 0.1) is 11.8 Å². The molecule has 0 bridgehead atoms. The molecule has 0 spiro atoms. The molecule has 1 aromatic carbocycles. The van der Waals surface area contributed by atoms with E-state index in [2.05, 4.69) is 31.3 Å². The second kappa shape index (κ2) is 5.57. The van der Waals surface area contributed by atoms with Gasteiger partial charge in [-0.25, -0.2) is 0 Å². The Morgan fingerprint density at radius 3 is 2.95 bits per heavy atom. The fourth-order valence-electron chi connectivity index (χ4n) is 3.31. The third-order valence-corrected chi connectivity index (χ3v) is 4.79. The second-order valence-electron chi connectivity index (χ2n) is 6.45. The van der Waals surface area contributed by atoms with Crippen LogP contribution < -0.4 is 5.32 Å². The van der Waals surface area contributed by atoms with Gasteiger partial charge in [0, 0.05) is 25.2 Å². The Labute approximate surface area is 121 Å². The zero-order valence-corrected chi connectivity index (χ0v) is 12.5. The molecule has 20 heavy (non-hydrogen) atoms. The van der Waals surface area contributed by atoms with Gasteiger partial charge in [0.1, 0.15) is 0 Å². The van der Waals surface area contributed by atoms with Crippen LogP contribution in [0.3, 0.4) is 0 Å². The molecule has 0 aliphatic carbocycles. The highest BCUT2D eigenvalue weighted by Gasteiger charge is 2.28. The molecule has 0 saturated carbocycles. The summed E-state index contributed by atoms with van der Waals surface area (Å²) in [7, 11) is 0. The zero-order chi connectivity index (χ0) is 14.1. The minimum atomic E-state index is 0.210. The van der Waals surface area contributed by atoms with Crippen molar-refractivity contribution < 1.29 is 4.79 Å². The van der Waals surface area contributed by atoms with Crippen LogP contribution in [-0.4, -0.2) is 30.4 Å². The Hall–Kier alpha value is -1.35. The number of nitrogens with zero attached hydrogens (tertiary/aromatic N) is 1. The van der Waals surface area contributed by atoms with E-state index in [9.17, 15) is 4.79 Å². The molecule has 1 atom stereocenters. The molecular weight excluding hydrogens is 248 g/mol. The monoisotopic (exact) mass is 272 g/mol. The highest BCUT2D eigenvalue weighted by atomic mass is 16.2. The fraction of sp³-hybridized carbons (Fsp3) is 0.588. The third-order valence-electron chi connectivity index (χ3n) is 4.79. The van der Waals surface area contributed by atoms with Gasteiger partial charge in [-0.3, -0.25) is 4.79 Å². The summed E-state index contributed by atoms with van der Waals surface area (Å²) in [6.45, 7) is 8.28. The Kier molecular flexibility index (Phi) is 3.79. The Morgan fingerprint density at radius 2 is 2.20 bits per heavy atom. The molecule has 3 rings (SSSR count). The maximum Gasteiger partial charge on any atom is 0.253 e. The lowest BCUT2D eigenvalue weighted by molar-refractivity contribution is 0.0784. The van der Waals surface area contributed by atoms with Crippen LogP contribution in [0.15, 0.2) is 18.2 Å². The van der Waals surface area contributed by atoms with E-state index in [-0.39, 0.29) is 5.91 Å². The van der Waals surface area contributed by atoms with E-state index < -0.39 is 0 Å². The van der Waals surface area contributed by atoms with Gasteiger partial charge < -0.3 is 10.2 Å². The molecule has 1 N–H and O–H groups in total. The van der Waals surface area contributed by atoms with Crippen LogP contribution in [0.2, 0.25) is 0 Å². The van der Waals surface area contributed by atoms with Gasteiger partial charge in [-0.1, -0.05) is 19.9 Å². The molecule has 3 heteroatoms. The molecule has 108 valence electrons. The first-order chi connectivity index (χ1) is 9.65. The molecule has 2 heterocycles. The standard InChI is InChI=1S/C17H24N2O/c1-12(2)15-6-8-19(11-15)17(20)14-4-3-13-5-7-18-10-16(13)9-14/h3-4,9,12,15,18H,5-8,10-11H2,1-2H3. The summed E-state index contributed by atoms with van der Waals surface area (Å²) in [5.41, 5.74) is 3.54. The average Bonchev–Trinajstić information content (AvgIpc) is 2.96. The molecule has 1 amide bonds. The van der Waals surface area contributed by atoms with E-state index in [4.69, 9.17) is 0 Å². The lowest BCUT2D eigenvalue weighted by Gasteiger charge is -2.21. The number of rotatable bonds is 2. The van der Waals surface area contributed by atoms with Crippen LogP contribution in [0.5, 0.6) is 0 Å². The maximum atomic E-state index is 12.6. The third kappa shape index (κ3) is 2.59. The lowest BCUT2D eigenvalue weighted by Crippen LogP contribution is -2.30. The first-order valence-corrected chi connectivity index (χ1v) is 7.77. The Morgan fingerprint density at radius 1 is 1.35 bits per heavy atom. The van der Waals surface area contributed by atoms with Gasteiger partial charge in [0.15, 0.2) is 0 Å². The number of benzene rings is 1. The highest BCUT2D eigenvalue weighted by Crippen LogP contribution is 2.25. The number of likely N-dealkylation sites (tertiary alicyclic amines) is 1. The number of nitrogens with one attached hydrogen (secondary N) is 1. The summed E-state index contributed by atoms with van der Waals surface area (Å²) in [5, 5.41) is 3.37. The molecule has 0 aromatic heterocycles. The van der Waals surface area contributed by atoms with Crippen LogP contribution in [-0.2, 0) is 13.0 Å². The topological polar surface area (TPSA) is 32.3 Å². The van der Waals surface area contributed by atoms with Crippen molar-refractivity contribution in [1.82, 2.24) is 10.2 Å². The highest BCUT2D eigenvalue weighted by molar-refractivity contribution is 5.94. The predicted octanol–water partition coefficient (Wildman–Crippen LogP) is 2.45. The fourth-order valence-corrected chi connectivity index (χ4v) is 3.31. The minimum absolute atomic E-state index is 0.210. The molecule has 1 fully saturated rings. The van der Waals surface area contributed by atoms with Crippen molar-refractivity contribution in [2.24, 2.45) is 11.8 Å². The van der Waals surface area contributed by atoms with Crippen molar-refractivity contribution in [3.63, 3.8) is 0 Å². The summed E-state index contributed by atoms with van der Waals surface area (Å²) in [6, 6.07) is 6.24. The average molecular weight is 272 g/mol. The maximum absolute atomic E-state index is 12.6. The van der Waals surface area contributed by atoms with Crippen molar-refractivity contribution >= 4 is 5.91 Å². The number of hydrogen-bond donors (Lipinski definition) is 1. The van der Waals surface area contributed by atoms with E-state index in [1.807, 2.05) is 11.0 Å². The van der Waals surface area contributed by atoms with Crippen molar-refractivity contribution in [2.45, 2.75) is 33.2 Å². The SMILES string of the molecule is CC(C)C1CCN(C(=O)c2ccc3c(c2)CNCC3)C1. The van der Waals surface area contributed by atoms with Crippen LogP contribution in [0.1, 0.15) is 41.8 Å². The number of fused-ring (bicyclic) bond motifs is 1. The van der Waals surface area contributed by atoms with E-state index >= 15 is 0 Å². The number of amides is 1. The quantitative estimate of drug-likeness (QED) is 0.897. The van der Waals surface area contributed by atoms with Gasteiger partial charge in [-0.05, 0) is 54.5 Å². The number of carbonyl (C=O) groups excluding carboxylic acids is 1. The summed E-state index contributed by atoms with van der Waals surface area (Å²) in [5.74, 6) is 1.54. The van der Waals surface area contributed by atoms with Gasteiger partial charge >= 0.3 is 0 Å². The number of hydrogen-bond acceptors (Lipinski definition) is 2. The summed E-state index contributed by atoms with van der Waals surface area (Å²) < 4.78 is 0. The van der Waals surface area contributed by atoms with Gasteiger partial charge in [0.05, 0.1) is 0 Å². The van der Waals surface area contributed by atoms with Gasteiger partial charge in [0.2, 0.25) is 0 Å².